The van der Waals surface area contributed by atoms with E-state index in [-0.39, 0.29) is 5.91 Å². The molecule has 2 rings (SSSR count). The van der Waals surface area contributed by atoms with Crippen LogP contribution in [0.5, 0.6) is 11.5 Å². The van der Waals surface area contributed by atoms with E-state index in [2.05, 4.69) is 5.32 Å². The van der Waals surface area contributed by atoms with E-state index in [1.54, 1.807) is 19.2 Å². The van der Waals surface area contributed by atoms with E-state index in [0.29, 0.717) is 31.1 Å². The van der Waals surface area contributed by atoms with Crippen LogP contribution >= 0.6 is 0 Å². The monoisotopic (exact) mass is 293 g/mol. The van der Waals surface area contributed by atoms with Gasteiger partial charge >= 0.3 is 5.97 Å². The zero-order valence-corrected chi connectivity index (χ0v) is 12.1. The molecular weight excluding hydrogens is 274 g/mol. The van der Waals surface area contributed by atoms with Crippen LogP contribution in [0.15, 0.2) is 18.2 Å². The lowest BCUT2D eigenvalue weighted by molar-refractivity contribution is -0.140. The molecule has 6 nitrogen and oxygen atoms in total. The van der Waals surface area contributed by atoms with Crippen molar-refractivity contribution >= 4 is 11.9 Å². The Kier molecular flexibility index (Phi) is 4.67. The number of nitrogens with one attached hydrogen (secondary N) is 1. The number of carboxylic acids is 1. The van der Waals surface area contributed by atoms with Crippen molar-refractivity contribution in [2.75, 3.05) is 13.7 Å². The van der Waals surface area contributed by atoms with Crippen LogP contribution in [0, 0.1) is 11.8 Å². The quantitative estimate of drug-likeness (QED) is 0.794. The number of hydrogen-bond donors (Lipinski definition) is 2. The fourth-order valence-corrected chi connectivity index (χ4v) is 2.17. The van der Waals surface area contributed by atoms with E-state index >= 15 is 0 Å². The fourth-order valence-electron chi connectivity index (χ4n) is 2.17. The van der Waals surface area contributed by atoms with E-state index in [1.165, 1.54) is 0 Å². The molecule has 1 aromatic rings. The molecule has 114 valence electrons. The molecule has 1 amide bonds. The molecule has 1 fully saturated rings. The maximum Gasteiger partial charge on any atom is 0.307 e. The number of carbonyl (C=O) groups excluding carboxylic acids is 1. The average Bonchev–Trinajstić information content (AvgIpc) is 3.26. The second kappa shape index (κ2) is 6.47. The zero-order valence-electron chi connectivity index (χ0n) is 12.1. The molecule has 0 spiro atoms. The highest BCUT2D eigenvalue weighted by Crippen LogP contribution is 2.38. The first kappa shape index (κ1) is 15.2. The molecule has 0 aromatic heterocycles. The van der Waals surface area contributed by atoms with Gasteiger partial charge in [0.25, 0.3) is 0 Å². The largest absolute Gasteiger partial charge is 0.493 e. The summed E-state index contributed by atoms with van der Waals surface area (Å²) in [5.74, 6) is -0.776. The lowest BCUT2D eigenvalue weighted by Crippen LogP contribution is -2.25. The smallest absolute Gasteiger partial charge is 0.307 e. The highest BCUT2D eigenvalue weighted by molar-refractivity contribution is 5.89. The normalized spacial score (nSPS) is 19.7. The fraction of sp³-hybridized carbons (Fsp3) is 0.467. The van der Waals surface area contributed by atoms with Crippen molar-refractivity contribution in [2.24, 2.45) is 11.8 Å². The Balaban J connectivity index is 1.91. The number of carbonyl (C=O) groups is 2. The van der Waals surface area contributed by atoms with Crippen LogP contribution in [-0.2, 0) is 16.1 Å². The lowest BCUT2D eigenvalue weighted by atomic mass is 10.2. The van der Waals surface area contributed by atoms with Gasteiger partial charge in [0.05, 0.1) is 25.6 Å². The topological polar surface area (TPSA) is 84.9 Å². The Labute approximate surface area is 123 Å². The predicted molar refractivity (Wildman–Crippen MR) is 75.2 cm³/mol. The van der Waals surface area contributed by atoms with Crippen LogP contribution in [0.1, 0.15) is 18.9 Å². The maximum absolute atomic E-state index is 11.8. The summed E-state index contributed by atoms with van der Waals surface area (Å²) in [6.07, 6.45) is 0.424. The van der Waals surface area contributed by atoms with Gasteiger partial charge in [-0.2, -0.15) is 0 Å². The third-order valence-corrected chi connectivity index (χ3v) is 3.44. The Morgan fingerprint density at radius 3 is 2.67 bits per heavy atom. The van der Waals surface area contributed by atoms with E-state index in [1.807, 2.05) is 13.0 Å². The number of benzene rings is 1. The molecule has 1 aromatic carbocycles. The number of carboxylic acid groups (broad SMARTS) is 1. The van der Waals surface area contributed by atoms with Crippen molar-refractivity contribution in [3.63, 3.8) is 0 Å². The summed E-state index contributed by atoms with van der Waals surface area (Å²) in [7, 11) is 1.56. The zero-order chi connectivity index (χ0) is 15.4. The standard InChI is InChI=1S/C15H19NO5/c1-3-21-12-5-4-9(6-13(12)20-2)8-16-14(17)10-7-11(10)15(18)19/h4-6,10-11H,3,7-8H2,1-2H3,(H,16,17)(H,18,19). The highest BCUT2D eigenvalue weighted by Gasteiger charge is 2.48. The number of aliphatic carboxylic acids is 1. The minimum Gasteiger partial charge on any atom is -0.493 e. The van der Waals surface area contributed by atoms with E-state index < -0.39 is 17.8 Å². The summed E-state index contributed by atoms with van der Waals surface area (Å²) in [4.78, 5) is 22.5. The second-order valence-electron chi connectivity index (χ2n) is 4.92. The van der Waals surface area contributed by atoms with E-state index in [9.17, 15) is 9.59 Å². The van der Waals surface area contributed by atoms with Crippen LogP contribution in [0.4, 0.5) is 0 Å². The van der Waals surface area contributed by atoms with Gasteiger partial charge in [0.2, 0.25) is 5.91 Å². The van der Waals surface area contributed by atoms with Crippen molar-refractivity contribution in [2.45, 2.75) is 19.9 Å². The average molecular weight is 293 g/mol. The molecule has 6 heteroatoms. The van der Waals surface area contributed by atoms with Gasteiger partial charge < -0.3 is 19.9 Å². The summed E-state index contributed by atoms with van der Waals surface area (Å²) >= 11 is 0. The lowest BCUT2D eigenvalue weighted by Gasteiger charge is -2.11. The van der Waals surface area contributed by atoms with Gasteiger partial charge in [0.15, 0.2) is 11.5 Å². The van der Waals surface area contributed by atoms with Crippen LogP contribution in [0.25, 0.3) is 0 Å². The van der Waals surface area contributed by atoms with Gasteiger partial charge in [0, 0.05) is 6.54 Å². The van der Waals surface area contributed by atoms with Crippen molar-refractivity contribution < 1.29 is 24.2 Å². The molecular formula is C15H19NO5. The molecule has 1 saturated carbocycles. The van der Waals surface area contributed by atoms with Crippen LogP contribution in [-0.4, -0.2) is 30.7 Å². The number of rotatable bonds is 7. The Morgan fingerprint density at radius 1 is 1.33 bits per heavy atom. The number of hydrogen-bond acceptors (Lipinski definition) is 4. The Hall–Kier alpha value is -2.24. The van der Waals surface area contributed by atoms with Crippen molar-refractivity contribution in [3.05, 3.63) is 23.8 Å². The van der Waals surface area contributed by atoms with Crippen molar-refractivity contribution in [3.8, 4) is 11.5 Å². The molecule has 2 N–H and O–H groups in total. The number of ether oxygens (including phenoxy) is 2. The maximum atomic E-state index is 11.8. The summed E-state index contributed by atoms with van der Waals surface area (Å²) in [5.41, 5.74) is 0.871. The molecule has 1 aliphatic carbocycles. The Morgan fingerprint density at radius 2 is 2.10 bits per heavy atom. The summed E-state index contributed by atoms with van der Waals surface area (Å²) in [6, 6.07) is 5.43. The number of amides is 1. The molecule has 0 heterocycles. The van der Waals surface area contributed by atoms with Gasteiger partial charge in [0.1, 0.15) is 0 Å². The molecule has 2 unspecified atom stereocenters. The van der Waals surface area contributed by atoms with Gasteiger partial charge in [-0.3, -0.25) is 9.59 Å². The van der Waals surface area contributed by atoms with Gasteiger partial charge in [-0.25, -0.2) is 0 Å². The highest BCUT2D eigenvalue weighted by atomic mass is 16.5. The SMILES string of the molecule is CCOc1ccc(CNC(=O)C2CC2C(=O)O)cc1OC. The van der Waals surface area contributed by atoms with Crippen LogP contribution < -0.4 is 14.8 Å². The van der Waals surface area contributed by atoms with Gasteiger partial charge in [-0.05, 0) is 31.0 Å². The summed E-state index contributed by atoms with van der Waals surface area (Å²) in [6.45, 7) is 2.78. The van der Waals surface area contributed by atoms with Crippen molar-refractivity contribution in [1.82, 2.24) is 5.32 Å². The minimum atomic E-state index is -0.905. The molecule has 0 saturated heterocycles. The molecule has 0 bridgehead atoms. The third-order valence-electron chi connectivity index (χ3n) is 3.44. The first-order valence-electron chi connectivity index (χ1n) is 6.87. The molecule has 0 aliphatic heterocycles. The molecule has 2 atom stereocenters. The van der Waals surface area contributed by atoms with E-state index in [4.69, 9.17) is 14.6 Å². The Bertz CT molecular complexity index is 543. The first-order chi connectivity index (χ1) is 10.1. The molecule has 0 radical (unpaired) electrons. The third kappa shape index (κ3) is 3.65. The minimum absolute atomic E-state index is 0.213. The molecule has 1 aliphatic rings. The van der Waals surface area contributed by atoms with Crippen LogP contribution in [0.2, 0.25) is 0 Å². The second-order valence-corrected chi connectivity index (χ2v) is 4.92. The van der Waals surface area contributed by atoms with Gasteiger partial charge in [-0.1, -0.05) is 6.07 Å². The predicted octanol–water partition coefficient (Wildman–Crippen LogP) is 1.43. The first-order valence-corrected chi connectivity index (χ1v) is 6.87. The number of methoxy groups -OCH3 is 1. The van der Waals surface area contributed by atoms with Crippen LogP contribution in [0.3, 0.4) is 0 Å². The summed E-state index contributed by atoms with van der Waals surface area (Å²) < 4.78 is 10.7. The van der Waals surface area contributed by atoms with Crippen molar-refractivity contribution in [1.29, 1.82) is 0 Å². The van der Waals surface area contributed by atoms with Gasteiger partial charge in [-0.15, -0.1) is 0 Å². The summed E-state index contributed by atoms with van der Waals surface area (Å²) in [5, 5.41) is 11.5. The molecule has 21 heavy (non-hydrogen) atoms. The van der Waals surface area contributed by atoms with E-state index in [0.717, 1.165) is 5.56 Å².